The smallest absolute Gasteiger partial charge is 0.350 e. The van der Waals surface area contributed by atoms with Crippen LogP contribution in [-0.4, -0.2) is 11.9 Å². The minimum atomic E-state index is -0.639. The number of cyclic esters (lactones) is 2. The molecule has 4 nitrogen and oxygen atoms in total. The van der Waals surface area contributed by atoms with Crippen molar-refractivity contribution >= 4 is 33.9 Å². The molecule has 2 aromatic carbocycles. The van der Waals surface area contributed by atoms with Gasteiger partial charge in [-0.05, 0) is 18.2 Å². The van der Waals surface area contributed by atoms with Crippen molar-refractivity contribution in [3.8, 4) is 0 Å². The molecule has 0 amide bonds. The van der Waals surface area contributed by atoms with Crippen LogP contribution < -0.4 is 0 Å². The van der Waals surface area contributed by atoms with Gasteiger partial charge in [-0.25, -0.2) is 9.59 Å². The lowest BCUT2D eigenvalue weighted by molar-refractivity contribution is 0.0444. The highest BCUT2D eigenvalue weighted by Gasteiger charge is 2.33. The van der Waals surface area contributed by atoms with Crippen molar-refractivity contribution in [3.05, 3.63) is 47.5 Å². The van der Waals surface area contributed by atoms with E-state index in [0.717, 1.165) is 10.8 Å². The highest BCUT2D eigenvalue weighted by Crippen LogP contribution is 2.35. The van der Waals surface area contributed by atoms with Crippen LogP contribution in [0.15, 0.2) is 40.8 Å². The zero-order valence-corrected chi connectivity index (χ0v) is 9.10. The van der Waals surface area contributed by atoms with Crippen LogP contribution in [0, 0.1) is 0 Å². The topological polar surface area (TPSA) is 56.5 Å². The summed E-state index contributed by atoms with van der Waals surface area (Å²) in [5, 5.41) is 1.73. The first-order chi connectivity index (χ1) is 8.75. The summed E-state index contributed by atoms with van der Waals surface area (Å²) in [5.74, 6) is -1.25. The number of esters is 2. The van der Waals surface area contributed by atoms with Crippen LogP contribution in [0.5, 0.6) is 0 Å². The van der Waals surface area contributed by atoms with Gasteiger partial charge in [0, 0.05) is 10.8 Å². The van der Waals surface area contributed by atoms with Gasteiger partial charge in [-0.1, -0.05) is 18.2 Å². The number of fused-ring (bicyclic) bond motifs is 5. The maximum atomic E-state index is 11.7. The monoisotopic (exact) mass is 238 g/mol. The van der Waals surface area contributed by atoms with E-state index in [0.29, 0.717) is 11.2 Å². The molecule has 4 heteroatoms. The molecule has 0 N–H and O–H groups in total. The number of carbonyl (C=O) groups excluding carboxylic acids is 2. The first-order valence-corrected chi connectivity index (χ1v) is 5.46. The summed E-state index contributed by atoms with van der Waals surface area (Å²) in [6.07, 6.45) is 0. The maximum Gasteiger partial charge on any atom is 0.350 e. The Bertz CT molecular complexity index is 841. The Hall–Kier alpha value is -2.62. The molecule has 2 heterocycles. The Balaban J connectivity index is 2.25. The van der Waals surface area contributed by atoms with E-state index in [1.54, 1.807) is 12.1 Å². The highest BCUT2D eigenvalue weighted by molar-refractivity contribution is 6.22. The van der Waals surface area contributed by atoms with Crippen molar-refractivity contribution in [1.82, 2.24) is 0 Å². The third-order valence-electron chi connectivity index (χ3n) is 3.16. The number of rotatable bonds is 0. The van der Waals surface area contributed by atoms with Crippen molar-refractivity contribution in [1.29, 1.82) is 0 Å². The first kappa shape index (κ1) is 9.41. The molecule has 0 bridgehead atoms. The fraction of sp³-hybridized carbons (Fsp3) is 0. The molecule has 0 spiro atoms. The van der Waals surface area contributed by atoms with Crippen molar-refractivity contribution in [2.24, 2.45) is 0 Å². The molecule has 1 aromatic heterocycles. The average molecular weight is 238 g/mol. The van der Waals surface area contributed by atoms with E-state index in [1.165, 1.54) is 0 Å². The molecule has 0 saturated heterocycles. The van der Waals surface area contributed by atoms with Gasteiger partial charge in [-0.3, -0.25) is 0 Å². The van der Waals surface area contributed by atoms with Gasteiger partial charge in [0.1, 0.15) is 11.1 Å². The van der Waals surface area contributed by atoms with Crippen molar-refractivity contribution in [2.45, 2.75) is 0 Å². The predicted octanol–water partition coefficient (Wildman–Crippen LogP) is 2.90. The molecule has 0 saturated carbocycles. The fourth-order valence-electron chi connectivity index (χ4n) is 2.35. The molecule has 3 aromatic rings. The lowest BCUT2D eigenvalue weighted by atomic mass is 10.0. The number of carbonyl (C=O) groups is 2. The minimum absolute atomic E-state index is 0.230. The summed E-state index contributed by atoms with van der Waals surface area (Å²) >= 11 is 0. The van der Waals surface area contributed by atoms with Gasteiger partial charge in [0.15, 0.2) is 5.58 Å². The van der Waals surface area contributed by atoms with Crippen LogP contribution in [0.25, 0.3) is 21.9 Å². The Morgan fingerprint density at radius 3 is 2.56 bits per heavy atom. The summed E-state index contributed by atoms with van der Waals surface area (Å²) in [6.45, 7) is 0. The Morgan fingerprint density at radius 1 is 0.833 bits per heavy atom. The van der Waals surface area contributed by atoms with Crippen LogP contribution in [0.2, 0.25) is 0 Å². The SMILES string of the molecule is O=C1OC(=O)c2c1ccc1c2oc2ccccc21. The second kappa shape index (κ2) is 2.98. The molecule has 1 aliphatic heterocycles. The van der Waals surface area contributed by atoms with E-state index in [2.05, 4.69) is 4.74 Å². The van der Waals surface area contributed by atoms with E-state index < -0.39 is 11.9 Å². The summed E-state index contributed by atoms with van der Waals surface area (Å²) in [7, 11) is 0. The molecule has 0 unspecified atom stereocenters. The summed E-state index contributed by atoms with van der Waals surface area (Å²) < 4.78 is 10.3. The number of furan rings is 1. The van der Waals surface area contributed by atoms with E-state index >= 15 is 0 Å². The number of benzene rings is 2. The van der Waals surface area contributed by atoms with Gasteiger partial charge in [-0.2, -0.15) is 0 Å². The minimum Gasteiger partial charge on any atom is -0.455 e. The molecular weight excluding hydrogens is 232 g/mol. The van der Waals surface area contributed by atoms with Crippen LogP contribution in [0.3, 0.4) is 0 Å². The van der Waals surface area contributed by atoms with Gasteiger partial charge in [0.25, 0.3) is 0 Å². The lowest BCUT2D eigenvalue weighted by Gasteiger charge is -1.93. The summed E-state index contributed by atoms with van der Waals surface area (Å²) in [6, 6.07) is 10.9. The molecule has 1 aliphatic rings. The Labute approximate surface area is 101 Å². The Morgan fingerprint density at radius 2 is 1.67 bits per heavy atom. The average Bonchev–Trinajstić information content (AvgIpc) is 2.88. The van der Waals surface area contributed by atoms with Crippen molar-refractivity contribution in [3.63, 3.8) is 0 Å². The number of para-hydroxylation sites is 1. The molecule has 0 atom stereocenters. The third-order valence-corrected chi connectivity index (χ3v) is 3.16. The number of hydrogen-bond donors (Lipinski definition) is 0. The largest absolute Gasteiger partial charge is 0.455 e. The van der Waals surface area contributed by atoms with E-state index in [1.807, 2.05) is 24.3 Å². The Kier molecular flexibility index (Phi) is 1.56. The molecular formula is C14H6O4. The predicted molar refractivity (Wildman–Crippen MR) is 63.5 cm³/mol. The van der Waals surface area contributed by atoms with Crippen LogP contribution in [-0.2, 0) is 4.74 Å². The standard InChI is InChI=1S/C14H6O4/c15-13-9-6-5-8-7-3-1-2-4-10(7)17-12(8)11(9)14(16)18-13/h1-6H. The molecule has 18 heavy (non-hydrogen) atoms. The van der Waals surface area contributed by atoms with E-state index in [9.17, 15) is 9.59 Å². The van der Waals surface area contributed by atoms with Crippen LogP contribution in [0.4, 0.5) is 0 Å². The van der Waals surface area contributed by atoms with Gasteiger partial charge in [0.05, 0.1) is 5.56 Å². The second-order valence-corrected chi connectivity index (χ2v) is 4.14. The summed E-state index contributed by atoms with van der Waals surface area (Å²) in [4.78, 5) is 23.1. The quantitative estimate of drug-likeness (QED) is 0.446. The van der Waals surface area contributed by atoms with Crippen molar-refractivity contribution in [2.75, 3.05) is 0 Å². The van der Waals surface area contributed by atoms with Gasteiger partial charge < -0.3 is 9.15 Å². The maximum absolute atomic E-state index is 11.7. The number of ether oxygens (including phenoxy) is 1. The summed E-state index contributed by atoms with van der Waals surface area (Å²) in [5.41, 5.74) is 1.61. The van der Waals surface area contributed by atoms with Gasteiger partial charge in [-0.15, -0.1) is 0 Å². The molecule has 0 fully saturated rings. The van der Waals surface area contributed by atoms with Gasteiger partial charge >= 0.3 is 11.9 Å². The molecule has 0 radical (unpaired) electrons. The molecule has 0 aliphatic carbocycles. The zero-order valence-electron chi connectivity index (χ0n) is 9.10. The van der Waals surface area contributed by atoms with Crippen LogP contribution in [0.1, 0.15) is 20.7 Å². The fourth-order valence-corrected chi connectivity index (χ4v) is 2.35. The molecule has 86 valence electrons. The van der Waals surface area contributed by atoms with E-state index in [4.69, 9.17) is 4.42 Å². The zero-order chi connectivity index (χ0) is 12.3. The number of hydrogen-bond acceptors (Lipinski definition) is 4. The second-order valence-electron chi connectivity index (χ2n) is 4.14. The van der Waals surface area contributed by atoms with Gasteiger partial charge in [0.2, 0.25) is 0 Å². The first-order valence-electron chi connectivity index (χ1n) is 5.46. The van der Waals surface area contributed by atoms with Crippen LogP contribution >= 0.6 is 0 Å². The highest BCUT2D eigenvalue weighted by atomic mass is 16.6. The normalized spacial score (nSPS) is 14.2. The molecule has 4 rings (SSSR count). The van der Waals surface area contributed by atoms with Crippen molar-refractivity contribution < 1.29 is 18.7 Å². The van der Waals surface area contributed by atoms with E-state index in [-0.39, 0.29) is 11.1 Å². The third kappa shape index (κ3) is 0.996. The lowest BCUT2D eigenvalue weighted by Crippen LogP contribution is -1.97.